The number of aryl methyl sites for hydroxylation is 1. The smallest absolute Gasteiger partial charge is 0.419 e. The quantitative estimate of drug-likeness (QED) is 0.398. The van der Waals surface area contributed by atoms with Crippen molar-refractivity contribution in [3.05, 3.63) is 63.7 Å². The van der Waals surface area contributed by atoms with Crippen molar-refractivity contribution < 1.29 is 34.2 Å². The summed E-state index contributed by atoms with van der Waals surface area (Å²) in [7, 11) is -4.27. The van der Waals surface area contributed by atoms with Crippen LogP contribution in [0.15, 0.2) is 59.5 Å². The molecule has 0 aliphatic rings. The van der Waals surface area contributed by atoms with Crippen LogP contribution in [-0.2, 0) is 10.1 Å². The van der Waals surface area contributed by atoms with Gasteiger partial charge in [-0.15, -0.1) is 0 Å². The molecular formula is C18H19IO3S. The molecule has 2 aromatic carbocycles. The van der Waals surface area contributed by atoms with Crippen LogP contribution in [0.5, 0.6) is 0 Å². The monoisotopic (exact) mass is 442 g/mol. The van der Waals surface area contributed by atoms with Gasteiger partial charge in [0.25, 0.3) is 0 Å². The van der Waals surface area contributed by atoms with E-state index in [4.69, 9.17) is 0 Å². The molecule has 122 valence electrons. The van der Waals surface area contributed by atoms with Gasteiger partial charge in [-0.05, 0) is 43.5 Å². The Kier molecular flexibility index (Phi) is 8.92. The third-order valence-electron chi connectivity index (χ3n) is 2.64. The molecular weight excluding hydrogens is 423 g/mol. The Balaban J connectivity index is 0.000000231. The van der Waals surface area contributed by atoms with Gasteiger partial charge in [-0.1, -0.05) is 42.8 Å². The molecule has 23 heavy (non-hydrogen) atoms. The molecule has 0 unspecified atom stereocenters. The predicted octanol–water partition coefficient (Wildman–Crippen LogP) is 0.605. The zero-order valence-corrected chi connectivity index (χ0v) is 16.1. The summed E-state index contributed by atoms with van der Waals surface area (Å²) in [5.41, 5.74) is 0.928. The van der Waals surface area contributed by atoms with Crippen LogP contribution in [0.2, 0.25) is 0 Å². The first-order chi connectivity index (χ1) is 10.9. The molecule has 0 saturated heterocycles. The molecule has 5 heteroatoms. The minimum atomic E-state index is -4.27. The van der Waals surface area contributed by atoms with Gasteiger partial charge in [-0.2, -0.15) is 0 Å². The van der Waals surface area contributed by atoms with E-state index in [0.717, 1.165) is 12.0 Å². The van der Waals surface area contributed by atoms with Gasteiger partial charge in [0, 0.05) is 6.42 Å². The second-order valence-corrected chi connectivity index (χ2v) is 8.38. The van der Waals surface area contributed by atoms with E-state index < -0.39 is 10.1 Å². The van der Waals surface area contributed by atoms with E-state index >= 15 is 0 Å². The van der Waals surface area contributed by atoms with Crippen LogP contribution in [-0.4, -0.2) is 13.0 Å². The van der Waals surface area contributed by atoms with E-state index in [0.29, 0.717) is 0 Å². The molecule has 0 aliphatic heterocycles. The van der Waals surface area contributed by atoms with Crippen LogP contribution >= 0.6 is 0 Å². The Hall–Kier alpha value is -1.36. The number of rotatable bonds is 3. The highest BCUT2D eigenvalue weighted by molar-refractivity contribution is 7.85. The average molecular weight is 442 g/mol. The molecule has 3 nitrogen and oxygen atoms in total. The van der Waals surface area contributed by atoms with Crippen LogP contribution in [0.4, 0.5) is 0 Å². The predicted molar refractivity (Wildman–Crippen MR) is 87.0 cm³/mol. The zero-order chi connectivity index (χ0) is 17.1. The maximum atomic E-state index is 10.4. The first kappa shape index (κ1) is 19.7. The second kappa shape index (κ2) is 10.4. The minimum absolute atomic E-state index is 0.0469. The van der Waals surface area contributed by atoms with Gasteiger partial charge in [0.2, 0.25) is 3.57 Å². The van der Waals surface area contributed by atoms with Gasteiger partial charge in [0.1, 0.15) is 10.1 Å². The van der Waals surface area contributed by atoms with Crippen molar-refractivity contribution in [2.75, 3.05) is 0 Å². The summed E-state index contributed by atoms with van der Waals surface area (Å²) in [6.07, 6.45) is 2.22. The normalized spacial score (nSPS) is 10.0. The molecule has 0 heterocycles. The molecule has 0 aromatic heterocycles. The lowest BCUT2D eigenvalue weighted by Gasteiger charge is -2.05. The molecule has 0 amide bonds. The Morgan fingerprint density at radius 2 is 1.65 bits per heavy atom. The van der Waals surface area contributed by atoms with Gasteiger partial charge in [0.05, 0.1) is 4.90 Å². The number of hydrogen-bond donors (Lipinski definition) is 0. The highest BCUT2D eigenvalue weighted by atomic mass is 127. The number of unbranched alkanes of at least 4 members (excludes halogenated alkanes) is 1. The summed E-state index contributed by atoms with van der Waals surface area (Å²) < 4.78 is 35.8. The highest BCUT2D eigenvalue weighted by Crippen LogP contribution is 2.08. The first-order valence-electron chi connectivity index (χ1n) is 7.12. The molecule has 0 bridgehead atoms. The molecule has 0 radical (unpaired) electrons. The second-order valence-electron chi connectivity index (χ2n) is 4.68. The average Bonchev–Trinajstić information content (AvgIpc) is 2.53. The lowest BCUT2D eigenvalue weighted by Crippen LogP contribution is -3.59. The highest BCUT2D eigenvalue weighted by Gasteiger charge is 2.05. The third-order valence-corrected chi connectivity index (χ3v) is 5.48. The van der Waals surface area contributed by atoms with Gasteiger partial charge < -0.3 is 4.55 Å². The molecule has 0 atom stereocenters. The van der Waals surface area contributed by atoms with Gasteiger partial charge in [-0.25, -0.2) is 8.42 Å². The van der Waals surface area contributed by atoms with Crippen LogP contribution < -0.4 is 21.2 Å². The number of benzene rings is 2. The summed E-state index contributed by atoms with van der Waals surface area (Å²) in [4.78, 5) is -0.178. The maximum Gasteiger partial charge on any atom is 0.419 e. The molecule has 0 spiro atoms. The fraction of sp³-hybridized carbons (Fsp3) is 0.222. The van der Waals surface area contributed by atoms with E-state index in [2.05, 4.69) is 41.0 Å². The first-order valence-corrected chi connectivity index (χ1v) is 10.7. The van der Waals surface area contributed by atoms with E-state index in [-0.39, 0.29) is 26.1 Å². The summed E-state index contributed by atoms with van der Waals surface area (Å²) in [6.45, 7) is 3.98. The van der Waals surface area contributed by atoms with E-state index in [1.807, 2.05) is 13.0 Å². The van der Waals surface area contributed by atoms with Crippen molar-refractivity contribution >= 4 is 10.1 Å². The van der Waals surface area contributed by atoms with Crippen molar-refractivity contribution in [3.63, 3.8) is 0 Å². The van der Waals surface area contributed by atoms with Crippen molar-refractivity contribution in [1.82, 2.24) is 0 Å². The number of hydrogen-bond acceptors (Lipinski definition) is 3. The number of halogens is 1. The Morgan fingerprint density at radius 3 is 2.17 bits per heavy atom. The molecule has 2 aromatic rings. The fourth-order valence-corrected chi connectivity index (χ4v) is 3.46. The van der Waals surface area contributed by atoms with E-state index in [1.165, 1.54) is 22.1 Å². The van der Waals surface area contributed by atoms with Gasteiger partial charge in [-0.3, -0.25) is 0 Å². The van der Waals surface area contributed by atoms with Crippen molar-refractivity contribution in [1.29, 1.82) is 0 Å². The molecule has 0 saturated carbocycles. The van der Waals surface area contributed by atoms with Gasteiger partial charge >= 0.3 is 21.2 Å². The molecule has 0 N–H and O–H groups in total. The largest absolute Gasteiger partial charge is 0.744 e. The van der Waals surface area contributed by atoms with Gasteiger partial charge in [0.15, 0.2) is 3.93 Å². The van der Waals surface area contributed by atoms with Crippen molar-refractivity contribution in [2.24, 2.45) is 0 Å². The van der Waals surface area contributed by atoms with Crippen LogP contribution in [0.1, 0.15) is 25.3 Å². The molecule has 2 rings (SSSR count). The third kappa shape index (κ3) is 8.74. The van der Waals surface area contributed by atoms with Crippen molar-refractivity contribution in [3.8, 4) is 9.85 Å². The summed E-state index contributed by atoms with van der Waals surface area (Å²) in [5, 5.41) is 0. The van der Waals surface area contributed by atoms with Crippen LogP contribution in [0.3, 0.4) is 0 Å². The maximum absolute atomic E-state index is 10.4. The lowest BCUT2D eigenvalue weighted by molar-refractivity contribution is -0.535. The fourth-order valence-electron chi connectivity index (χ4n) is 1.44. The Bertz CT molecular complexity index is 742. The summed E-state index contributed by atoms with van der Waals surface area (Å²) in [5.74, 6) is 3.18. The Morgan fingerprint density at radius 1 is 1.04 bits per heavy atom. The molecule has 0 fully saturated rings. The van der Waals surface area contributed by atoms with Crippen molar-refractivity contribution in [2.45, 2.75) is 31.6 Å². The lowest BCUT2D eigenvalue weighted by atomic mass is 10.2. The van der Waals surface area contributed by atoms with E-state index in [1.54, 1.807) is 12.1 Å². The summed E-state index contributed by atoms with van der Waals surface area (Å²) >= 11 is -0.0469. The standard InChI is InChI=1S/C11H12I.C7H8O3S/c1-2-3-7-10-12-11-8-5-4-6-9-11;1-6-2-4-7(5-3-6)11(8,9)10/h4-6,8-9H,2-3H2,1H3;2-5H,1H3,(H,8,9,10)/q+1;/p-1. The Labute approximate surface area is 149 Å². The summed E-state index contributed by atoms with van der Waals surface area (Å²) in [6, 6.07) is 16.3. The topological polar surface area (TPSA) is 57.2 Å². The van der Waals surface area contributed by atoms with Crippen LogP contribution in [0.25, 0.3) is 0 Å². The zero-order valence-electron chi connectivity index (χ0n) is 13.1. The van der Waals surface area contributed by atoms with Crippen LogP contribution in [0, 0.1) is 20.3 Å². The molecule has 0 aliphatic carbocycles. The SMILES string of the molecule is CCCC#C[I+]c1ccccc1.Cc1ccc(S(=O)(=O)[O-])cc1. The van der Waals surface area contributed by atoms with E-state index in [9.17, 15) is 13.0 Å². The minimum Gasteiger partial charge on any atom is -0.744 e.